The fourth-order valence-corrected chi connectivity index (χ4v) is 5.65. The minimum Gasteiger partial charge on any atom is -0.383 e. The number of pyridine rings is 2. The van der Waals surface area contributed by atoms with Crippen LogP contribution in [0.3, 0.4) is 0 Å². The van der Waals surface area contributed by atoms with Crippen molar-refractivity contribution in [3.05, 3.63) is 97.1 Å². The first-order chi connectivity index (χ1) is 20.7. The van der Waals surface area contributed by atoms with Gasteiger partial charge in [-0.1, -0.05) is 24.3 Å². The first-order valence-corrected chi connectivity index (χ1v) is 14.7. The van der Waals surface area contributed by atoms with Crippen LogP contribution in [0.25, 0.3) is 39.5 Å². The van der Waals surface area contributed by atoms with Gasteiger partial charge in [0.1, 0.15) is 11.3 Å². The largest absolute Gasteiger partial charge is 0.383 e. The number of sulfonamides is 1. The third-order valence-electron chi connectivity index (χ3n) is 6.68. The molecule has 2 aromatic carbocycles. The van der Waals surface area contributed by atoms with E-state index in [2.05, 4.69) is 20.0 Å². The minimum absolute atomic E-state index is 0.0419. The van der Waals surface area contributed by atoms with Crippen LogP contribution < -0.4 is 15.8 Å². The minimum atomic E-state index is -3.76. The van der Waals surface area contributed by atoms with Crippen LogP contribution in [-0.4, -0.2) is 43.4 Å². The number of nitrogens with one attached hydrogen (secondary N) is 2. The molecule has 0 radical (unpaired) electrons. The summed E-state index contributed by atoms with van der Waals surface area (Å²) in [6.45, 7) is 1.54. The number of aromatic nitrogens is 6. The van der Waals surface area contributed by atoms with Crippen molar-refractivity contribution in [3.63, 3.8) is 0 Å². The lowest BCUT2D eigenvalue weighted by atomic mass is 10.1. The number of aryl methyl sites for hydroxylation is 1. The molecule has 4 aromatic heterocycles. The molecular weight excluding hydrogens is 566 g/mol. The van der Waals surface area contributed by atoms with E-state index in [0.29, 0.717) is 39.8 Å². The van der Waals surface area contributed by atoms with E-state index in [0.717, 1.165) is 16.8 Å². The molecule has 0 bridgehead atoms. The fourth-order valence-electron chi connectivity index (χ4n) is 4.65. The molecule has 6 rings (SSSR count). The van der Waals surface area contributed by atoms with Crippen molar-refractivity contribution in [3.8, 4) is 28.3 Å². The molecule has 0 saturated heterocycles. The number of imidazole rings is 2. The highest BCUT2D eigenvalue weighted by molar-refractivity contribution is 7.89. The van der Waals surface area contributed by atoms with Crippen molar-refractivity contribution in [1.29, 1.82) is 0 Å². The van der Waals surface area contributed by atoms with Crippen LogP contribution in [0.2, 0.25) is 0 Å². The summed E-state index contributed by atoms with van der Waals surface area (Å²) in [6, 6.07) is 22.2. The summed E-state index contributed by atoms with van der Waals surface area (Å²) < 4.78 is 31.3. The topological polar surface area (TPSA) is 163 Å². The Morgan fingerprint density at radius 3 is 2.51 bits per heavy atom. The zero-order valence-corrected chi connectivity index (χ0v) is 24.1. The molecule has 13 heteroatoms. The van der Waals surface area contributed by atoms with Gasteiger partial charge in [-0.15, -0.1) is 0 Å². The summed E-state index contributed by atoms with van der Waals surface area (Å²) in [5.74, 6) is 0.717. The summed E-state index contributed by atoms with van der Waals surface area (Å²) >= 11 is 0. The third-order valence-corrected chi connectivity index (χ3v) is 7.97. The first kappa shape index (κ1) is 27.8. The van der Waals surface area contributed by atoms with Gasteiger partial charge in [0.05, 0.1) is 17.6 Å². The number of nitrogens with zero attached hydrogens (tertiary/aromatic N) is 6. The van der Waals surface area contributed by atoms with Gasteiger partial charge in [0.15, 0.2) is 16.5 Å². The molecule has 0 unspecified atom stereocenters. The fraction of sp³-hybridized carbons (Fsp3) is 0.100. The summed E-state index contributed by atoms with van der Waals surface area (Å²) in [5, 5.41) is 2.76. The zero-order chi connectivity index (χ0) is 30.1. The molecule has 12 nitrogen and oxygen atoms in total. The Bertz CT molecular complexity index is 2080. The maximum atomic E-state index is 12.6. The number of benzene rings is 2. The Kier molecular flexibility index (Phi) is 7.17. The summed E-state index contributed by atoms with van der Waals surface area (Å²) in [7, 11) is -2.05. The second-order valence-electron chi connectivity index (χ2n) is 9.88. The Morgan fingerprint density at radius 1 is 0.977 bits per heavy atom. The molecule has 0 saturated carbocycles. The number of hydrogen-bond acceptors (Lipinski definition) is 8. The van der Waals surface area contributed by atoms with Crippen molar-refractivity contribution >= 4 is 38.6 Å². The van der Waals surface area contributed by atoms with Crippen molar-refractivity contribution in [1.82, 2.24) is 33.8 Å². The monoisotopic (exact) mass is 593 g/mol. The van der Waals surface area contributed by atoms with E-state index in [9.17, 15) is 13.2 Å². The van der Waals surface area contributed by atoms with E-state index in [1.54, 1.807) is 23.9 Å². The molecule has 6 aromatic rings. The molecular formula is C30H27N9O3S. The zero-order valence-electron chi connectivity index (χ0n) is 23.3. The standard InChI is InChI=1S/C30H27N9O3S/c1-19(40)35-22-6-3-5-21(15-22)25-12-13-26-30(36-25)39(29(37-26)24-7-4-14-32-28(24)31)23-10-8-20(9-11-23)16-34-43(41,42)27-17-38(2)18-33-27/h3-15,17-18,34H,16H2,1-2H3,(H2,31,32)(H,35,40). The molecule has 4 heterocycles. The van der Waals surface area contributed by atoms with Gasteiger partial charge in [0.25, 0.3) is 10.0 Å². The summed E-state index contributed by atoms with van der Waals surface area (Å²) in [5.41, 5.74) is 11.8. The normalized spacial score (nSPS) is 11.6. The van der Waals surface area contributed by atoms with Gasteiger partial charge in [-0.2, -0.15) is 0 Å². The van der Waals surface area contributed by atoms with Crippen LogP contribution >= 0.6 is 0 Å². The quantitative estimate of drug-likeness (QED) is 0.239. The highest BCUT2D eigenvalue weighted by atomic mass is 32.2. The van der Waals surface area contributed by atoms with Gasteiger partial charge < -0.3 is 15.6 Å². The SMILES string of the molecule is CC(=O)Nc1cccc(-c2ccc3nc(-c4cccnc4N)n(-c4ccc(CNS(=O)(=O)c5cn(C)cn5)cc4)c3n2)c1. The average Bonchev–Trinajstić information content (AvgIpc) is 3.60. The number of nitrogens with two attached hydrogens (primary N) is 1. The van der Waals surface area contributed by atoms with Gasteiger partial charge in [0.2, 0.25) is 5.91 Å². The summed E-state index contributed by atoms with van der Waals surface area (Å²) in [6.07, 6.45) is 4.49. The van der Waals surface area contributed by atoms with Gasteiger partial charge in [0, 0.05) is 49.8 Å². The van der Waals surface area contributed by atoms with Gasteiger partial charge in [-0.3, -0.25) is 9.36 Å². The number of rotatable bonds is 8. The van der Waals surface area contributed by atoms with E-state index in [4.69, 9.17) is 15.7 Å². The molecule has 216 valence electrons. The van der Waals surface area contributed by atoms with Crippen LogP contribution in [0.5, 0.6) is 0 Å². The smallest absolute Gasteiger partial charge is 0.259 e. The van der Waals surface area contributed by atoms with E-state index in [1.807, 2.05) is 71.3 Å². The van der Waals surface area contributed by atoms with Crippen molar-refractivity contribution in [2.45, 2.75) is 18.5 Å². The lowest BCUT2D eigenvalue weighted by molar-refractivity contribution is -0.114. The highest BCUT2D eigenvalue weighted by Gasteiger charge is 2.20. The maximum absolute atomic E-state index is 12.6. The molecule has 0 spiro atoms. The van der Waals surface area contributed by atoms with Crippen LogP contribution in [0.1, 0.15) is 12.5 Å². The molecule has 4 N–H and O–H groups in total. The van der Waals surface area contributed by atoms with Crippen LogP contribution in [-0.2, 0) is 28.4 Å². The number of carbonyl (C=O) groups is 1. The van der Waals surface area contributed by atoms with E-state index >= 15 is 0 Å². The van der Waals surface area contributed by atoms with Gasteiger partial charge in [-0.25, -0.2) is 33.1 Å². The molecule has 0 aliphatic rings. The van der Waals surface area contributed by atoms with E-state index in [1.165, 1.54) is 19.4 Å². The number of fused-ring (bicyclic) bond motifs is 1. The second-order valence-corrected chi connectivity index (χ2v) is 11.6. The molecule has 0 aliphatic carbocycles. The van der Waals surface area contributed by atoms with Crippen LogP contribution in [0.4, 0.5) is 11.5 Å². The second kappa shape index (κ2) is 11.1. The number of nitrogen functional groups attached to an aromatic ring is 1. The van der Waals surface area contributed by atoms with E-state index < -0.39 is 10.0 Å². The van der Waals surface area contributed by atoms with Crippen molar-refractivity contribution in [2.75, 3.05) is 11.1 Å². The van der Waals surface area contributed by atoms with Gasteiger partial charge >= 0.3 is 0 Å². The molecule has 43 heavy (non-hydrogen) atoms. The van der Waals surface area contributed by atoms with Crippen molar-refractivity contribution < 1.29 is 13.2 Å². The molecule has 0 atom stereocenters. The van der Waals surface area contributed by atoms with Crippen molar-refractivity contribution in [2.24, 2.45) is 7.05 Å². The Hall–Kier alpha value is -5.40. The predicted octanol–water partition coefficient (Wildman–Crippen LogP) is 3.90. The summed E-state index contributed by atoms with van der Waals surface area (Å²) in [4.78, 5) is 29.6. The first-order valence-electron chi connectivity index (χ1n) is 13.2. The highest BCUT2D eigenvalue weighted by Crippen LogP contribution is 2.32. The molecule has 1 amide bonds. The number of amides is 1. The van der Waals surface area contributed by atoms with E-state index in [-0.39, 0.29) is 17.5 Å². The average molecular weight is 594 g/mol. The molecule has 0 fully saturated rings. The Balaban J connectivity index is 1.40. The Morgan fingerprint density at radius 2 is 1.79 bits per heavy atom. The van der Waals surface area contributed by atoms with Crippen LogP contribution in [0.15, 0.2) is 96.5 Å². The predicted molar refractivity (Wildman–Crippen MR) is 163 cm³/mol. The molecule has 0 aliphatic heterocycles. The Labute approximate surface area is 247 Å². The van der Waals surface area contributed by atoms with Gasteiger partial charge in [-0.05, 0) is 54.1 Å². The lowest BCUT2D eigenvalue weighted by Crippen LogP contribution is -2.23. The number of anilines is 2. The number of carbonyl (C=O) groups excluding carboxylic acids is 1. The lowest BCUT2D eigenvalue weighted by Gasteiger charge is -2.12. The van der Waals surface area contributed by atoms with Crippen LogP contribution in [0, 0.1) is 0 Å². The number of hydrogen-bond donors (Lipinski definition) is 3. The third kappa shape index (κ3) is 5.71. The maximum Gasteiger partial charge on any atom is 0.259 e.